The number of hydrogen-bond donors (Lipinski definition) is 8. The molecule has 0 fully saturated rings. The summed E-state index contributed by atoms with van der Waals surface area (Å²) in [5.74, 6) is 0. The van der Waals surface area contributed by atoms with E-state index in [9.17, 15) is 25.9 Å². The van der Waals surface area contributed by atoms with Crippen molar-refractivity contribution in [2.24, 2.45) is 20.0 Å². The summed E-state index contributed by atoms with van der Waals surface area (Å²) in [4.78, 5) is 36.6. The fourth-order valence-electron chi connectivity index (χ4n) is 5.46. The van der Waals surface area contributed by atoms with Gasteiger partial charge in [0.1, 0.15) is 23.0 Å². The molecule has 8 N–H and O–H groups in total. The minimum absolute atomic E-state index is 0.0151. The highest BCUT2D eigenvalue weighted by molar-refractivity contribution is 7.86. The number of ether oxygens (including phenoxy) is 4. The SMILES string of the molecule is O=S(=O)(O)c1cc(N=c2[nH]c(OCCOCCO)nc(=Nc3ccccc3)[nH]2)ccc1/C=C/c1ccc(N=c2[nH]c(OCCOCCO)nc(=Nc3ccccc3)[nH]2)cc1S(=O)(=O)O. The van der Waals surface area contributed by atoms with Crippen LogP contribution in [0.2, 0.25) is 0 Å². The van der Waals surface area contributed by atoms with Crippen LogP contribution in [0.5, 0.6) is 12.0 Å². The Labute approximate surface area is 364 Å². The van der Waals surface area contributed by atoms with Gasteiger partial charge in [0.2, 0.25) is 22.5 Å². The summed E-state index contributed by atoms with van der Waals surface area (Å²) in [5.41, 5.74) is 1.29. The Bertz CT molecular complexity index is 2860. The molecule has 0 atom stereocenters. The molecular weight excluding hydrogens is 877 g/mol. The summed E-state index contributed by atoms with van der Waals surface area (Å²) in [5, 5.41) is 17.9. The minimum atomic E-state index is -4.90. The number of rotatable bonds is 20. The third kappa shape index (κ3) is 14.3. The van der Waals surface area contributed by atoms with E-state index in [-0.39, 0.29) is 110 Å². The van der Waals surface area contributed by atoms with Crippen molar-refractivity contribution >= 4 is 55.1 Å². The molecule has 0 saturated carbocycles. The van der Waals surface area contributed by atoms with E-state index < -0.39 is 30.0 Å². The summed E-state index contributed by atoms with van der Waals surface area (Å²) < 4.78 is 93.0. The fraction of sp³-hybridized carbons (Fsp3) is 0.200. The van der Waals surface area contributed by atoms with Crippen LogP contribution in [-0.2, 0) is 29.7 Å². The lowest BCUT2D eigenvalue weighted by atomic mass is 10.1. The zero-order valence-corrected chi connectivity index (χ0v) is 35.2. The van der Waals surface area contributed by atoms with Crippen molar-refractivity contribution in [1.29, 1.82) is 0 Å². The predicted molar refractivity (Wildman–Crippen MR) is 228 cm³/mol. The molecular formula is C40H42N10O12S2. The van der Waals surface area contributed by atoms with Gasteiger partial charge in [-0.2, -0.15) is 26.8 Å². The Kier molecular flexibility index (Phi) is 16.3. The number of nitrogens with one attached hydrogen (secondary N) is 4. The molecule has 0 aliphatic rings. The second-order valence-corrected chi connectivity index (χ2v) is 15.7. The molecule has 22 nitrogen and oxygen atoms in total. The smallest absolute Gasteiger partial charge is 0.299 e. The lowest BCUT2D eigenvalue weighted by Crippen LogP contribution is -2.28. The number of para-hydroxylation sites is 2. The number of aromatic amines is 4. The second kappa shape index (κ2) is 22.5. The van der Waals surface area contributed by atoms with Gasteiger partial charge in [-0.05, 0) is 59.7 Å². The Morgan fingerprint density at radius 2 is 0.906 bits per heavy atom. The average Bonchev–Trinajstić information content (AvgIpc) is 3.26. The number of H-pyrrole nitrogens is 4. The first-order valence-electron chi connectivity index (χ1n) is 19.1. The number of aromatic nitrogens is 6. The number of nitrogens with zero attached hydrogens (tertiary/aromatic N) is 6. The molecule has 0 unspecified atom stereocenters. The van der Waals surface area contributed by atoms with Gasteiger partial charge in [0, 0.05) is 0 Å². The van der Waals surface area contributed by atoms with Gasteiger partial charge in [0.25, 0.3) is 32.3 Å². The van der Waals surface area contributed by atoms with Crippen molar-refractivity contribution < 1.29 is 55.1 Å². The van der Waals surface area contributed by atoms with Gasteiger partial charge in [0.15, 0.2) is 0 Å². The predicted octanol–water partition coefficient (Wildman–Crippen LogP) is 2.16. The quantitative estimate of drug-likeness (QED) is 0.0309. The Morgan fingerprint density at radius 1 is 0.500 bits per heavy atom. The Balaban J connectivity index is 1.34. The third-order valence-corrected chi connectivity index (χ3v) is 10.0. The molecule has 0 aliphatic heterocycles. The van der Waals surface area contributed by atoms with Crippen LogP contribution in [0.3, 0.4) is 0 Å². The topological polar surface area (TPSA) is 324 Å². The van der Waals surface area contributed by atoms with Gasteiger partial charge >= 0.3 is 0 Å². The van der Waals surface area contributed by atoms with Crippen molar-refractivity contribution in [3.8, 4) is 12.0 Å². The molecule has 0 spiro atoms. The zero-order valence-electron chi connectivity index (χ0n) is 33.6. The molecule has 4 aromatic carbocycles. The van der Waals surface area contributed by atoms with Crippen molar-refractivity contribution in [3.63, 3.8) is 0 Å². The van der Waals surface area contributed by atoms with Gasteiger partial charge in [-0.1, -0.05) is 60.7 Å². The van der Waals surface area contributed by atoms with Crippen molar-refractivity contribution in [2.45, 2.75) is 9.79 Å². The monoisotopic (exact) mass is 918 g/mol. The van der Waals surface area contributed by atoms with E-state index in [4.69, 9.17) is 29.2 Å². The van der Waals surface area contributed by atoms with Crippen molar-refractivity contribution in [2.75, 3.05) is 52.9 Å². The van der Waals surface area contributed by atoms with E-state index in [1.54, 1.807) is 48.5 Å². The number of hydrogen-bond acceptors (Lipinski definition) is 16. The van der Waals surface area contributed by atoms with Gasteiger partial charge in [-0.3, -0.25) is 29.0 Å². The molecule has 0 aliphatic carbocycles. The number of aliphatic hydroxyl groups excluding tert-OH is 2. The standard InChI is InChI=1S/C40H42N10O12S2/c51-17-19-59-21-23-61-39-47-35(41-29-7-3-1-4-8-29)45-37(49-39)43-31-15-13-27(33(25-31)63(53,54)55)11-12-28-14-16-32(26-34(28)64(56,57)58)44-38-46-36(42-30-9-5-2-6-10-30)48-40(50-38)62-24-22-60-20-18-52/h1-16,25-26,51-52H,17-24H2,(H,53,54,55)(H,56,57,58)(H2,41,43,45,47,49)(H2,42,44,46,48,50)/b12-11+. The molecule has 0 amide bonds. The molecule has 24 heteroatoms. The van der Waals surface area contributed by atoms with E-state index in [2.05, 4.69) is 49.9 Å². The first kappa shape index (κ1) is 46.6. The molecule has 6 aromatic rings. The highest BCUT2D eigenvalue weighted by atomic mass is 32.2. The first-order chi connectivity index (χ1) is 30.9. The lowest BCUT2D eigenvalue weighted by Gasteiger charge is -2.07. The van der Waals surface area contributed by atoms with Gasteiger partial charge < -0.3 is 29.2 Å². The van der Waals surface area contributed by atoms with Gasteiger partial charge in [-0.15, -0.1) is 0 Å². The number of aliphatic hydroxyl groups is 2. The van der Waals surface area contributed by atoms with Crippen LogP contribution in [0.1, 0.15) is 11.1 Å². The summed E-state index contributed by atoms with van der Waals surface area (Å²) in [7, 11) is -9.79. The molecule has 0 saturated heterocycles. The number of benzene rings is 4. The van der Waals surface area contributed by atoms with E-state index in [1.807, 2.05) is 12.1 Å². The van der Waals surface area contributed by atoms with Crippen LogP contribution in [-0.4, -0.2) is 119 Å². The molecule has 2 heterocycles. The first-order valence-corrected chi connectivity index (χ1v) is 22.0. The van der Waals surface area contributed by atoms with Gasteiger partial charge in [0.05, 0.1) is 62.4 Å². The van der Waals surface area contributed by atoms with E-state index in [1.165, 1.54) is 36.4 Å². The van der Waals surface area contributed by atoms with E-state index in [0.29, 0.717) is 11.4 Å². The van der Waals surface area contributed by atoms with Crippen LogP contribution in [0.4, 0.5) is 22.7 Å². The molecule has 0 radical (unpaired) electrons. The molecule has 2 aromatic heterocycles. The third-order valence-electron chi connectivity index (χ3n) is 8.19. The molecule has 0 bridgehead atoms. The van der Waals surface area contributed by atoms with Crippen LogP contribution >= 0.6 is 0 Å². The van der Waals surface area contributed by atoms with E-state index in [0.717, 1.165) is 12.1 Å². The molecule has 6 rings (SSSR count). The highest BCUT2D eigenvalue weighted by Gasteiger charge is 2.18. The fourth-order valence-corrected chi connectivity index (χ4v) is 6.87. The van der Waals surface area contributed by atoms with Crippen molar-refractivity contribution in [3.05, 3.63) is 131 Å². The van der Waals surface area contributed by atoms with Crippen LogP contribution in [0, 0.1) is 0 Å². The van der Waals surface area contributed by atoms with Crippen LogP contribution in [0.25, 0.3) is 12.2 Å². The van der Waals surface area contributed by atoms with Crippen molar-refractivity contribution in [1.82, 2.24) is 29.9 Å². The van der Waals surface area contributed by atoms with Crippen LogP contribution < -0.4 is 31.9 Å². The maximum absolute atomic E-state index is 12.7. The normalized spacial score (nSPS) is 13.2. The summed E-state index contributed by atoms with van der Waals surface area (Å²) in [6, 6.07) is 25.4. The molecule has 336 valence electrons. The largest absolute Gasteiger partial charge is 0.462 e. The summed E-state index contributed by atoms with van der Waals surface area (Å²) >= 11 is 0. The summed E-state index contributed by atoms with van der Waals surface area (Å²) in [6.45, 7) is 0.304. The zero-order chi connectivity index (χ0) is 45.4. The van der Waals surface area contributed by atoms with Gasteiger partial charge in [-0.25, -0.2) is 20.0 Å². The second-order valence-electron chi connectivity index (χ2n) is 12.9. The Hall–Kier alpha value is -6.90. The lowest BCUT2D eigenvalue weighted by molar-refractivity contribution is 0.0681. The Morgan fingerprint density at radius 3 is 1.28 bits per heavy atom. The van der Waals surface area contributed by atoms with E-state index >= 15 is 0 Å². The maximum Gasteiger partial charge on any atom is 0.299 e. The molecule has 64 heavy (non-hydrogen) atoms. The minimum Gasteiger partial charge on any atom is -0.462 e. The van der Waals surface area contributed by atoms with Crippen LogP contribution in [0.15, 0.2) is 127 Å². The highest BCUT2D eigenvalue weighted by Crippen LogP contribution is 2.27. The average molecular weight is 919 g/mol. The maximum atomic E-state index is 12.7. The summed E-state index contributed by atoms with van der Waals surface area (Å²) in [6.07, 6.45) is 2.46.